The largest absolute Gasteiger partial charge is 0.366 e. The van der Waals surface area contributed by atoms with Crippen LogP contribution in [0.25, 0.3) is 11.1 Å². The van der Waals surface area contributed by atoms with Crippen molar-refractivity contribution in [1.29, 1.82) is 0 Å². The maximum Gasteiger partial charge on any atom is 0.269 e. The summed E-state index contributed by atoms with van der Waals surface area (Å²) in [6.07, 6.45) is 3.19. The van der Waals surface area contributed by atoms with Crippen LogP contribution in [0, 0.1) is 17.5 Å². The van der Waals surface area contributed by atoms with E-state index < -0.39 is 35.3 Å². The molecular weight excluding hydrogens is 573 g/mol. The van der Waals surface area contributed by atoms with Crippen molar-refractivity contribution in [3.8, 4) is 11.1 Å². The maximum atomic E-state index is 14.3. The summed E-state index contributed by atoms with van der Waals surface area (Å²) >= 11 is 0. The first-order valence-corrected chi connectivity index (χ1v) is 14.2. The standard InChI is InChI=1S/C32H31F3N6O3/c1-17(2)26-15-28(32(44)38-22-6-7-22)41(40-26)16-29(42)39-27(12-18-10-20(33)14-21(34)11-18)30-23(4-3-9-37-30)19-5-8-25(35)24(13-19)31(36)43/h3-5,8-11,13-15,17,22,27H,6-7,12,16H2,1-2H3,(H2,36,43)(H,38,44)(H,39,42). The molecule has 0 saturated heterocycles. The van der Waals surface area contributed by atoms with E-state index in [2.05, 4.69) is 20.7 Å². The Kier molecular flexibility index (Phi) is 8.79. The van der Waals surface area contributed by atoms with Crippen molar-refractivity contribution in [2.45, 2.75) is 57.7 Å². The van der Waals surface area contributed by atoms with Crippen molar-refractivity contribution < 1.29 is 27.6 Å². The van der Waals surface area contributed by atoms with E-state index in [9.17, 15) is 27.6 Å². The normalized spacial score (nSPS) is 13.5. The van der Waals surface area contributed by atoms with Gasteiger partial charge in [0.15, 0.2) is 0 Å². The number of aromatic nitrogens is 3. The van der Waals surface area contributed by atoms with E-state index in [1.54, 1.807) is 18.2 Å². The Bertz CT molecular complexity index is 1710. The third kappa shape index (κ3) is 7.13. The van der Waals surface area contributed by atoms with Gasteiger partial charge in [0.2, 0.25) is 5.91 Å². The van der Waals surface area contributed by atoms with Gasteiger partial charge in [0.25, 0.3) is 11.8 Å². The van der Waals surface area contributed by atoms with Crippen molar-refractivity contribution in [2.24, 2.45) is 5.73 Å². The molecule has 44 heavy (non-hydrogen) atoms. The number of carbonyl (C=O) groups excluding carboxylic acids is 3. The molecule has 0 bridgehead atoms. The average molecular weight is 605 g/mol. The molecule has 9 nitrogen and oxygen atoms in total. The quantitative estimate of drug-likeness (QED) is 0.231. The van der Waals surface area contributed by atoms with Gasteiger partial charge in [-0.25, -0.2) is 13.2 Å². The zero-order chi connectivity index (χ0) is 31.5. The molecule has 2 aromatic heterocycles. The number of nitrogens with two attached hydrogens (primary N) is 1. The Morgan fingerprint density at radius 1 is 1.02 bits per heavy atom. The van der Waals surface area contributed by atoms with E-state index >= 15 is 0 Å². The molecule has 0 radical (unpaired) electrons. The second-order valence-corrected chi connectivity index (χ2v) is 11.1. The van der Waals surface area contributed by atoms with E-state index in [1.807, 2.05) is 13.8 Å². The van der Waals surface area contributed by atoms with Gasteiger partial charge in [0.05, 0.1) is 23.0 Å². The van der Waals surface area contributed by atoms with E-state index in [-0.39, 0.29) is 47.7 Å². The van der Waals surface area contributed by atoms with Gasteiger partial charge in [-0.1, -0.05) is 26.0 Å². The molecule has 1 fully saturated rings. The summed E-state index contributed by atoms with van der Waals surface area (Å²) in [5, 5.41) is 10.3. The fraction of sp³-hybridized carbons (Fsp3) is 0.281. The van der Waals surface area contributed by atoms with Crippen LogP contribution in [0.1, 0.15) is 76.4 Å². The third-order valence-electron chi connectivity index (χ3n) is 7.24. The molecule has 0 spiro atoms. The van der Waals surface area contributed by atoms with Gasteiger partial charge >= 0.3 is 0 Å². The fourth-order valence-corrected chi connectivity index (χ4v) is 4.89. The number of carbonyl (C=O) groups is 3. The topological polar surface area (TPSA) is 132 Å². The van der Waals surface area contributed by atoms with Gasteiger partial charge in [-0.2, -0.15) is 5.10 Å². The van der Waals surface area contributed by atoms with Crippen LogP contribution in [-0.2, 0) is 17.8 Å². The maximum absolute atomic E-state index is 14.3. The Morgan fingerprint density at radius 3 is 2.41 bits per heavy atom. The number of nitrogens with one attached hydrogen (secondary N) is 2. The average Bonchev–Trinajstić information content (AvgIpc) is 3.67. The van der Waals surface area contributed by atoms with Crippen LogP contribution < -0.4 is 16.4 Å². The third-order valence-corrected chi connectivity index (χ3v) is 7.24. The minimum Gasteiger partial charge on any atom is -0.366 e. The Morgan fingerprint density at radius 2 is 1.75 bits per heavy atom. The predicted octanol–water partition coefficient (Wildman–Crippen LogP) is 4.58. The number of nitrogens with zero attached hydrogens (tertiary/aromatic N) is 3. The molecule has 228 valence electrons. The molecule has 1 aliphatic rings. The minimum absolute atomic E-state index is 0.000474. The van der Waals surface area contributed by atoms with Crippen LogP contribution in [0.2, 0.25) is 0 Å². The second-order valence-electron chi connectivity index (χ2n) is 11.1. The summed E-state index contributed by atoms with van der Waals surface area (Å²) in [6.45, 7) is 3.52. The van der Waals surface area contributed by atoms with Crippen LogP contribution in [0.3, 0.4) is 0 Å². The van der Waals surface area contributed by atoms with Gasteiger partial charge in [-0.15, -0.1) is 0 Å². The molecule has 12 heteroatoms. The molecule has 1 unspecified atom stereocenters. The first-order chi connectivity index (χ1) is 21.0. The Hall–Kier alpha value is -5.00. The van der Waals surface area contributed by atoms with Crippen LogP contribution in [0.15, 0.2) is 60.8 Å². The molecule has 1 saturated carbocycles. The molecular formula is C32H31F3N6O3. The molecule has 2 heterocycles. The van der Waals surface area contributed by atoms with Crippen LogP contribution in [-0.4, -0.2) is 38.5 Å². The highest BCUT2D eigenvalue weighted by atomic mass is 19.1. The zero-order valence-electron chi connectivity index (χ0n) is 24.1. The lowest BCUT2D eigenvalue weighted by molar-refractivity contribution is -0.122. The van der Waals surface area contributed by atoms with E-state index in [0.717, 1.165) is 37.1 Å². The van der Waals surface area contributed by atoms with Gasteiger partial charge < -0.3 is 16.4 Å². The highest BCUT2D eigenvalue weighted by molar-refractivity contribution is 5.95. The van der Waals surface area contributed by atoms with Crippen molar-refractivity contribution in [1.82, 2.24) is 25.4 Å². The molecule has 4 N–H and O–H groups in total. The van der Waals surface area contributed by atoms with Gasteiger partial charge in [0.1, 0.15) is 29.7 Å². The zero-order valence-corrected chi connectivity index (χ0v) is 24.1. The van der Waals surface area contributed by atoms with Crippen LogP contribution >= 0.6 is 0 Å². The number of benzene rings is 2. The fourth-order valence-electron chi connectivity index (χ4n) is 4.89. The Labute approximate surface area is 251 Å². The van der Waals surface area contributed by atoms with Gasteiger partial charge in [-0.05, 0) is 72.7 Å². The van der Waals surface area contributed by atoms with Crippen LogP contribution in [0.5, 0.6) is 0 Å². The van der Waals surface area contributed by atoms with Gasteiger partial charge in [-0.3, -0.25) is 24.0 Å². The summed E-state index contributed by atoms with van der Waals surface area (Å²) in [6, 6.07) is 11.0. The molecule has 5 rings (SSSR count). The van der Waals surface area contributed by atoms with Gasteiger partial charge in [0, 0.05) is 23.9 Å². The molecule has 4 aromatic rings. The second kappa shape index (κ2) is 12.7. The lowest BCUT2D eigenvalue weighted by atomic mass is 9.94. The predicted molar refractivity (Wildman–Crippen MR) is 156 cm³/mol. The first-order valence-electron chi connectivity index (χ1n) is 14.2. The van der Waals surface area contributed by atoms with Crippen molar-refractivity contribution in [3.63, 3.8) is 0 Å². The molecule has 3 amide bonds. The molecule has 1 atom stereocenters. The summed E-state index contributed by atoms with van der Waals surface area (Å²) < 4.78 is 43.9. The van der Waals surface area contributed by atoms with E-state index in [1.165, 1.54) is 23.0 Å². The smallest absolute Gasteiger partial charge is 0.269 e. The van der Waals surface area contributed by atoms with E-state index in [4.69, 9.17) is 5.73 Å². The Balaban J connectivity index is 1.50. The highest BCUT2D eigenvalue weighted by Gasteiger charge is 2.28. The highest BCUT2D eigenvalue weighted by Crippen LogP contribution is 2.30. The number of rotatable bonds is 11. The van der Waals surface area contributed by atoms with E-state index in [0.29, 0.717) is 22.5 Å². The number of hydrogen-bond donors (Lipinski definition) is 3. The molecule has 0 aliphatic heterocycles. The molecule has 2 aromatic carbocycles. The molecule has 1 aliphatic carbocycles. The number of halogens is 3. The lowest BCUT2D eigenvalue weighted by Gasteiger charge is -2.22. The number of amides is 3. The monoisotopic (exact) mass is 604 g/mol. The van der Waals surface area contributed by atoms with Crippen molar-refractivity contribution >= 4 is 17.7 Å². The minimum atomic E-state index is -0.962. The number of pyridine rings is 1. The number of primary amides is 1. The summed E-state index contributed by atoms with van der Waals surface area (Å²) in [5.74, 6) is -4.22. The SMILES string of the molecule is CC(C)c1cc(C(=O)NC2CC2)n(CC(=O)NC(Cc2cc(F)cc(F)c2)c2ncccc2-c2ccc(F)c(C(N)=O)c2)n1. The first kappa shape index (κ1) is 30.5. The number of hydrogen-bond acceptors (Lipinski definition) is 5. The summed E-state index contributed by atoms with van der Waals surface area (Å²) in [5.41, 5.74) is 7.26. The summed E-state index contributed by atoms with van der Waals surface area (Å²) in [4.78, 5) is 42.8. The van der Waals surface area contributed by atoms with Crippen LogP contribution in [0.4, 0.5) is 13.2 Å². The van der Waals surface area contributed by atoms with Crippen molar-refractivity contribution in [3.05, 3.63) is 106 Å². The lowest BCUT2D eigenvalue weighted by Crippen LogP contribution is -2.35. The summed E-state index contributed by atoms with van der Waals surface area (Å²) in [7, 11) is 0. The van der Waals surface area contributed by atoms with Crippen molar-refractivity contribution in [2.75, 3.05) is 0 Å².